The van der Waals surface area contributed by atoms with Crippen molar-refractivity contribution in [1.29, 1.82) is 0 Å². The fourth-order valence-corrected chi connectivity index (χ4v) is 3.47. The summed E-state index contributed by atoms with van der Waals surface area (Å²) < 4.78 is 21.9. The van der Waals surface area contributed by atoms with Crippen molar-refractivity contribution in [1.82, 2.24) is 15.2 Å². The van der Waals surface area contributed by atoms with Crippen LogP contribution in [0.1, 0.15) is 5.69 Å². The maximum absolute atomic E-state index is 5.50. The van der Waals surface area contributed by atoms with E-state index in [0.717, 1.165) is 27.2 Å². The van der Waals surface area contributed by atoms with E-state index in [0.29, 0.717) is 34.4 Å². The number of nitrogens with zero attached hydrogens (tertiary/aromatic N) is 3. The van der Waals surface area contributed by atoms with Gasteiger partial charge >= 0.3 is 0 Å². The van der Waals surface area contributed by atoms with Gasteiger partial charge in [0, 0.05) is 22.4 Å². The molecule has 0 radical (unpaired) electrons. The number of aryl methyl sites for hydroxylation is 1. The van der Waals surface area contributed by atoms with Gasteiger partial charge < -0.3 is 18.9 Å². The molecule has 4 rings (SSSR count). The summed E-state index contributed by atoms with van der Waals surface area (Å²) in [6.45, 7) is 1.91. The Morgan fingerprint density at radius 1 is 0.621 bits per heavy atom. The molecule has 7 heteroatoms. The normalized spacial score (nSPS) is 10.9. The van der Waals surface area contributed by atoms with Crippen molar-refractivity contribution in [3.8, 4) is 34.4 Å². The Bertz CT molecular complexity index is 1220. The minimum absolute atomic E-state index is 0.619. The first kappa shape index (κ1) is 18.7. The van der Waals surface area contributed by atoms with Gasteiger partial charge in [-0.2, -0.15) is 5.10 Å². The highest BCUT2D eigenvalue weighted by Crippen LogP contribution is 2.40. The lowest BCUT2D eigenvalue weighted by atomic mass is 10.0. The third kappa shape index (κ3) is 3.04. The summed E-state index contributed by atoms with van der Waals surface area (Å²) in [5.74, 6) is 2.54. The number of rotatable bonds is 5. The second kappa shape index (κ2) is 7.43. The highest BCUT2D eigenvalue weighted by molar-refractivity contribution is 6.04. The van der Waals surface area contributed by atoms with Gasteiger partial charge in [-0.25, -0.2) is 0 Å². The van der Waals surface area contributed by atoms with E-state index >= 15 is 0 Å². The molecule has 0 atom stereocenters. The van der Waals surface area contributed by atoms with Gasteiger partial charge in [-0.1, -0.05) is 0 Å². The minimum atomic E-state index is 0.619. The number of fused-ring (bicyclic) bond motifs is 2. The molecule has 0 aliphatic heterocycles. The lowest BCUT2D eigenvalue weighted by Crippen LogP contribution is -1.99. The predicted octanol–water partition coefficient (Wildman–Crippen LogP) is 4.19. The Hall–Kier alpha value is -3.61. The lowest BCUT2D eigenvalue weighted by Gasteiger charge is -2.14. The van der Waals surface area contributed by atoms with Crippen molar-refractivity contribution >= 4 is 21.5 Å². The Labute approximate surface area is 168 Å². The maximum atomic E-state index is 5.50. The summed E-state index contributed by atoms with van der Waals surface area (Å²) in [6, 6.07) is 9.58. The van der Waals surface area contributed by atoms with Gasteiger partial charge in [0.05, 0.1) is 39.8 Å². The van der Waals surface area contributed by atoms with E-state index in [1.54, 1.807) is 34.6 Å². The molecular formula is C22H21N3O4. The summed E-state index contributed by atoms with van der Waals surface area (Å²) in [5, 5.41) is 12.5. The lowest BCUT2D eigenvalue weighted by molar-refractivity contribution is 0.356. The van der Waals surface area contributed by atoms with Crippen LogP contribution in [0.25, 0.3) is 32.9 Å². The van der Waals surface area contributed by atoms with E-state index in [9.17, 15) is 0 Å². The standard InChI is InChI=1S/C22H21N3O4/c1-12-14-9-18(27-3)20(29-5)11-16(14)22(25-24-12)21-15-10-19(28-4)17(26-2)8-13(15)6-7-23-21/h6-11H,1-5H3. The number of hydrogen-bond acceptors (Lipinski definition) is 7. The van der Waals surface area contributed by atoms with Crippen LogP contribution in [0.2, 0.25) is 0 Å². The van der Waals surface area contributed by atoms with Crippen LogP contribution in [0.15, 0.2) is 36.5 Å². The van der Waals surface area contributed by atoms with Crippen LogP contribution in [0.5, 0.6) is 23.0 Å². The van der Waals surface area contributed by atoms with Crippen LogP contribution < -0.4 is 18.9 Å². The number of aromatic nitrogens is 3. The van der Waals surface area contributed by atoms with E-state index in [1.165, 1.54) is 0 Å². The zero-order valence-electron chi connectivity index (χ0n) is 16.9. The van der Waals surface area contributed by atoms with Gasteiger partial charge in [-0.05, 0) is 42.6 Å². The topological polar surface area (TPSA) is 75.6 Å². The summed E-state index contributed by atoms with van der Waals surface area (Å²) in [6.07, 6.45) is 1.75. The fraction of sp³-hybridized carbons (Fsp3) is 0.227. The summed E-state index contributed by atoms with van der Waals surface area (Å²) in [5.41, 5.74) is 2.15. The highest BCUT2D eigenvalue weighted by Gasteiger charge is 2.18. The number of benzene rings is 2. The van der Waals surface area contributed by atoms with E-state index in [-0.39, 0.29) is 0 Å². The monoisotopic (exact) mass is 391 g/mol. The predicted molar refractivity (Wildman–Crippen MR) is 111 cm³/mol. The maximum Gasteiger partial charge on any atom is 0.161 e. The zero-order valence-corrected chi connectivity index (χ0v) is 16.9. The molecule has 4 aromatic rings. The van der Waals surface area contributed by atoms with Gasteiger partial charge in [-0.15, -0.1) is 5.10 Å². The van der Waals surface area contributed by atoms with Crippen LogP contribution in [-0.2, 0) is 0 Å². The number of hydrogen-bond donors (Lipinski definition) is 0. The molecule has 0 saturated heterocycles. The molecule has 148 valence electrons. The van der Waals surface area contributed by atoms with Crippen LogP contribution in [0, 0.1) is 6.92 Å². The minimum Gasteiger partial charge on any atom is -0.493 e. The van der Waals surface area contributed by atoms with Gasteiger partial charge in [0.1, 0.15) is 5.69 Å². The number of ether oxygens (including phenoxy) is 4. The first-order valence-electron chi connectivity index (χ1n) is 9.01. The average Bonchev–Trinajstić information content (AvgIpc) is 2.77. The van der Waals surface area contributed by atoms with Gasteiger partial charge in [0.25, 0.3) is 0 Å². The third-order valence-electron chi connectivity index (χ3n) is 4.96. The van der Waals surface area contributed by atoms with Crippen LogP contribution >= 0.6 is 0 Å². The van der Waals surface area contributed by atoms with E-state index in [2.05, 4.69) is 15.2 Å². The molecule has 0 unspecified atom stereocenters. The molecule has 29 heavy (non-hydrogen) atoms. The first-order valence-corrected chi connectivity index (χ1v) is 9.01. The van der Waals surface area contributed by atoms with E-state index < -0.39 is 0 Å². The molecule has 2 aromatic heterocycles. The second-order valence-electron chi connectivity index (χ2n) is 6.47. The summed E-state index contributed by atoms with van der Waals surface area (Å²) in [7, 11) is 6.45. The summed E-state index contributed by atoms with van der Waals surface area (Å²) >= 11 is 0. The highest BCUT2D eigenvalue weighted by atomic mass is 16.5. The van der Waals surface area contributed by atoms with Crippen molar-refractivity contribution in [3.63, 3.8) is 0 Å². The van der Waals surface area contributed by atoms with Crippen molar-refractivity contribution in [2.75, 3.05) is 28.4 Å². The molecular weight excluding hydrogens is 370 g/mol. The van der Waals surface area contributed by atoms with Crippen molar-refractivity contribution < 1.29 is 18.9 Å². The second-order valence-corrected chi connectivity index (χ2v) is 6.47. The van der Waals surface area contributed by atoms with Crippen molar-refractivity contribution in [2.45, 2.75) is 6.92 Å². The molecule has 0 fully saturated rings. The van der Waals surface area contributed by atoms with Gasteiger partial charge in [0.15, 0.2) is 23.0 Å². The zero-order chi connectivity index (χ0) is 20.5. The Morgan fingerprint density at radius 2 is 1.17 bits per heavy atom. The smallest absolute Gasteiger partial charge is 0.161 e. The molecule has 0 amide bonds. The third-order valence-corrected chi connectivity index (χ3v) is 4.96. The molecule has 0 aliphatic rings. The Morgan fingerprint density at radius 3 is 1.79 bits per heavy atom. The largest absolute Gasteiger partial charge is 0.493 e. The molecule has 0 spiro atoms. The van der Waals surface area contributed by atoms with E-state index in [4.69, 9.17) is 18.9 Å². The van der Waals surface area contributed by atoms with Gasteiger partial charge in [-0.3, -0.25) is 4.98 Å². The molecule has 2 heterocycles. The Kier molecular flexibility index (Phi) is 4.80. The van der Waals surface area contributed by atoms with Crippen LogP contribution in [0.3, 0.4) is 0 Å². The molecule has 0 bridgehead atoms. The number of pyridine rings is 1. The van der Waals surface area contributed by atoms with Crippen LogP contribution in [0.4, 0.5) is 0 Å². The molecule has 2 aromatic carbocycles. The first-order chi connectivity index (χ1) is 14.1. The molecule has 0 N–H and O–H groups in total. The molecule has 0 saturated carbocycles. The number of methoxy groups -OCH3 is 4. The molecule has 7 nitrogen and oxygen atoms in total. The average molecular weight is 391 g/mol. The van der Waals surface area contributed by atoms with Crippen molar-refractivity contribution in [3.05, 3.63) is 42.2 Å². The van der Waals surface area contributed by atoms with Crippen LogP contribution in [-0.4, -0.2) is 43.6 Å². The fourth-order valence-electron chi connectivity index (χ4n) is 3.47. The summed E-state index contributed by atoms with van der Waals surface area (Å²) in [4.78, 5) is 4.61. The SMILES string of the molecule is COc1cc2ccnc(-c3nnc(C)c4cc(OC)c(OC)cc34)c2cc1OC. The Balaban J connectivity index is 2.07. The molecule has 0 aliphatic carbocycles. The van der Waals surface area contributed by atoms with E-state index in [1.807, 2.05) is 37.3 Å². The van der Waals surface area contributed by atoms with Gasteiger partial charge in [0.2, 0.25) is 0 Å². The van der Waals surface area contributed by atoms with Crippen molar-refractivity contribution in [2.24, 2.45) is 0 Å². The quantitative estimate of drug-likeness (QED) is 0.505.